The Morgan fingerprint density at radius 3 is 2.50 bits per heavy atom. The molecule has 0 fully saturated rings. The number of hydrogen-bond donors (Lipinski definition) is 2. The van der Waals surface area contributed by atoms with E-state index in [2.05, 4.69) is 0 Å². The highest BCUT2D eigenvalue weighted by Gasteiger charge is 2.21. The zero-order valence-electron chi connectivity index (χ0n) is 9.58. The number of nitrogens with one attached hydrogen (secondary N) is 1. The molecule has 0 spiro atoms. The first-order chi connectivity index (χ1) is 8.27. The van der Waals surface area contributed by atoms with Crippen LogP contribution in [0.5, 0.6) is 0 Å². The van der Waals surface area contributed by atoms with Gasteiger partial charge < -0.3 is 5.73 Å². The molecule has 0 aliphatic carbocycles. The summed E-state index contributed by atoms with van der Waals surface area (Å²) in [6.07, 6.45) is -2.82. The van der Waals surface area contributed by atoms with E-state index in [1.807, 2.05) is 0 Å². The van der Waals surface area contributed by atoms with Crippen LogP contribution in [-0.4, -0.2) is 21.4 Å². The van der Waals surface area contributed by atoms with Crippen LogP contribution in [0.4, 0.5) is 13.2 Å². The maximum absolute atomic E-state index is 13.5. The smallest absolute Gasteiger partial charge is 0.251 e. The van der Waals surface area contributed by atoms with Crippen molar-refractivity contribution in [3.63, 3.8) is 0 Å². The van der Waals surface area contributed by atoms with Gasteiger partial charge in [-0.05, 0) is 24.6 Å². The largest absolute Gasteiger partial charge is 0.326 e. The summed E-state index contributed by atoms with van der Waals surface area (Å²) in [5, 5.41) is 0. The molecule has 0 bridgehead atoms. The van der Waals surface area contributed by atoms with Gasteiger partial charge in [0.15, 0.2) is 0 Å². The Morgan fingerprint density at radius 2 is 2.00 bits per heavy atom. The Labute approximate surface area is 103 Å². The normalized spacial score (nSPS) is 12.1. The van der Waals surface area contributed by atoms with Crippen LogP contribution in [0.25, 0.3) is 0 Å². The monoisotopic (exact) mass is 282 g/mol. The minimum atomic E-state index is -4.17. The summed E-state index contributed by atoms with van der Waals surface area (Å²) in [5.74, 6) is -0.740. The van der Waals surface area contributed by atoms with Crippen molar-refractivity contribution in [3.05, 3.63) is 29.1 Å². The van der Waals surface area contributed by atoms with Crippen molar-refractivity contribution in [1.82, 2.24) is 4.72 Å². The average Bonchev–Trinajstić information content (AvgIpc) is 2.29. The summed E-state index contributed by atoms with van der Waals surface area (Å²) in [4.78, 5) is -0.372. The lowest BCUT2D eigenvalue weighted by Crippen LogP contribution is -2.29. The van der Waals surface area contributed by atoms with Gasteiger partial charge >= 0.3 is 0 Å². The fourth-order valence-electron chi connectivity index (χ4n) is 1.35. The van der Waals surface area contributed by atoms with Crippen LogP contribution in [0.3, 0.4) is 0 Å². The molecule has 1 rings (SSSR count). The van der Waals surface area contributed by atoms with Crippen molar-refractivity contribution >= 4 is 10.0 Å². The van der Waals surface area contributed by atoms with Gasteiger partial charge in [-0.15, -0.1) is 0 Å². The molecule has 0 heterocycles. The maximum Gasteiger partial charge on any atom is 0.251 e. The molecule has 0 aliphatic heterocycles. The van der Waals surface area contributed by atoms with Crippen LogP contribution in [0, 0.1) is 12.7 Å². The lowest BCUT2D eigenvalue weighted by Gasteiger charge is -2.11. The molecule has 0 saturated heterocycles. The molecule has 102 valence electrons. The van der Waals surface area contributed by atoms with Crippen molar-refractivity contribution < 1.29 is 21.6 Å². The topological polar surface area (TPSA) is 72.2 Å². The van der Waals surface area contributed by atoms with E-state index in [1.165, 1.54) is 13.0 Å². The molecular formula is C10H13F3N2O2S. The van der Waals surface area contributed by atoms with Crippen LogP contribution in [0.2, 0.25) is 0 Å². The SMILES string of the molecule is Cc1c(F)cc(CN)cc1S(=O)(=O)NCC(F)F. The zero-order chi connectivity index (χ0) is 13.9. The fourth-order valence-corrected chi connectivity index (χ4v) is 2.66. The predicted octanol–water partition coefficient (Wildman–Crippen LogP) is 1.14. The number of nitrogens with two attached hydrogens (primary N) is 1. The summed E-state index contributed by atoms with van der Waals surface area (Å²) in [5.41, 5.74) is 5.44. The molecule has 0 atom stereocenters. The van der Waals surface area contributed by atoms with E-state index in [0.717, 1.165) is 6.07 Å². The van der Waals surface area contributed by atoms with E-state index < -0.39 is 28.8 Å². The van der Waals surface area contributed by atoms with Gasteiger partial charge in [-0.2, -0.15) is 0 Å². The van der Waals surface area contributed by atoms with E-state index in [-0.39, 0.29) is 22.6 Å². The molecule has 8 heteroatoms. The van der Waals surface area contributed by atoms with Crippen LogP contribution in [-0.2, 0) is 16.6 Å². The number of hydrogen-bond acceptors (Lipinski definition) is 3. The highest BCUT2D eigenvalue weighted by atomic mass is 32.2. The number of sulfonamides is 1. The van der Waals surface area contributed by atoms with Gasteiger partial charge in [0.1, 0.15) is 5.82 Å². The van der Waals surface area contributed by atoms with Crippen molar-refractivity contribution in [2.24, 2.45) is 5.73 Å². The molecule has 0 aliphatic rings. The lowest BCUT2D eigenvalue weighted by atomic mass is 10.1. The molecule has 3 N–H and O–H groups in total. The van der Waals surface area contributed by atoms with Crippen molar-refractivity contribution in [2.75, 3.05) is 6.54 Å². The lowest BCUT2D eigenvalue weighted by molar-refractivity contribution is 0.153. The third kappa shape index (κ3) is 3.44. The van der Waals surface area contributed by atoms with Gasteiger partial charge in [-0.1, -0.05) is 0 Å². The molecule has 4 nitrogen and oxygen atoms in total. The van der Waals surface area contributed by atoms with E-state index in [9.17, 15) is 21.6 Å². The number of halogens is 3. The Hall–Kier alpha value is -1.12. The zero-order valence-corrected chi connectivity index (χ0v) is 10.4. The van der Waals surface area contributed by atoms with Gasteiger partial charge in [0.2, 0.25) is 10.0 Å². The van der Waals surface area contributed by atoms with E-state index in [0.29, 0.717) is 0 Å². The summed E-state index contributed by atoms with van der Waals surface area (Å²) in [6, 6.07) is 2.29. The second-order valence-corrected chi connectivity index (χ2v) is 5.38. The third-order valence-electron chi connectivity index (χ3n) is 2.31. The first kappa shape index (κ1) is 14.9. The molecule has 1 aromatic rings. The average molecular weight is 282 g/mol. The second-order valence-electron chi connectivity index (χ2n) is 3.65. The molecule has 0 unspecified atom stereocenters. The first-order valence-electron chi connectivity index (χ1n) is 5.05. The summed E-state index contributed by atoms with van der Waals surface area (Å²) < 4.78 is 62.6. The van der Waals surface area contributed by atoms with Crippen molar-refractivity contribution in [1.29, 1.82) is 0 Å². The van der Waals surface area contributed by atoms with Crippen LogP contribution < -0.4 is 10.5 Å². The van der Waals surface area contributed by atoms with Gasteiger partial charge in [0.25, 0.3) is 6.43 Å². The third-order valence-corrected chi connectivity index (χ3v) is 3.86. The Bertz CT molecular complexity index is 532. The van der Waals surface area contributed by atoms with Crippen LogP contribution >= 0.6 is 0 Å². The molecule has 1 aromatic carbocycles. The molecule has 0 aromatic heterocycles. The van der Waals surface area contributed by atoms with Crippen molar-refractivity contribution in [3.8, 4) is 0 Å². The predicted molar refractivity (Wildman–Crippen MR) is 60.2 cm³/mol. The molecule has 0 saturated carbocycles. The Kier molecular flexibility index (Phi) is 4.71. The number of alkyl halides is 2. The van der Waals surface area contributed by atoms with Crippen LogP contribution in [0.1, 0.15) is 11.1 Å². The minimum absolute atomic E-state index is 0.0471. The van der Waals surface area contributed by atoms with Crippen LogP contribution in [0.15, 0.2) is 17.0 Å². The Morgan fingerprint density at radius 1 is 1.39 bits per heavy atom. The maximum atomic E-state index is 13.5. The van der Waals surface area contributed by atoms with Gasteiger partial charge in [-0.25, -0.2) is 26.3 Å². The van der Waals surface area contributed by atoms with E-state index in [1.54, 1.807) is 4.72 Å². The van der Waals surface area contributed by atoms with Gasteiger partial charge in [0, 0.05) is 12.1 Å². The standard InChI is InChI=1S/C10H13F3N2O2S/c1-6-8(11)2-7(4-14)3-9(6)18(16,17)15-5-10(12)13/h2-3,10,15H,4-5,14H2,1H3. The summed E-state index contributed by atoms with van der Waals surface area (Å²) >= 11 is 0. The minimum Gasteiger partial charge on any atom is -0.326 e. The first-order valence-corrected chi connectivity index (χ1v) is 6.53. The summed E-state index contributed by atoms with van der Waals surface area (Å²) in [6.45, 7) is 0.192. The quantitative estimate of drug-likeness (QED) is 0.850. The van der Waals surface area contributed by atoms with Gasteiger partial charge in [0.05, 0.1) is 11.4 Å². The highest BCUT2D eigenvalue weighted by Crippen LogP contribution is 2.20. The van der Waals surface area contributed by atoms with Gasteiger partial charge in [-0.3, -0.25) is 0 Å². The molecule has 18 heavy (non-hydrogen) atoms. The highest BCUT2D eigenvalue weighted by molar-refractivity contribution is 7.89. The number of benzene rings is 1. The molecular weight excluding hydrogens is 269 g/mol. The number of rotatable bonds is 5. The second kappa shape index (κ2) is 5.68. The molecule has 0 radical (unpaired) electrons. The van der Waals surface area contributed by atoms with E-state index in [4.69, 9.17) is 5.73 Å². The fraction of sp³-hybridized carbons (Fsp3) is 0.400. The summed E-state index contributed by atoms with van der Waals surface area (Å²) in [7, 11) is -4.17. The molecule has 0 amide bonds. The van der Waals surface area contributed by atoms with E-state index >= 15 is 0 Å². The Balaban J connectivity index is 3.19. The van der Waals surface area contributed by atoms with Crippen molar-refractivity contribution in [2.45, 2.75) is 24.8 Å².